The van der Waals surface area contributed by atoms with Crippen molar-refractivity contribution in [2.24, 2.45) is 0 Å². The number of rotatable bonds is 8. The SMILES string of the molecule is CCOc1ccccc1CN1CCN(Cc2ccc(O)cc2)CC1CCO. The summed E-state index contributed by atoms with van der Waals surface area (Å²) in [7, 11) is 0. The van der Waals surface area contributed by atoms with Gasteiger partial charge in [-0.2, -0.15) is 0 Å². The van der Waals surface area contributed by atoms with Gasteiger partial charge in [0.2, 0.25) is 0 Å². The molecule has 2 aromatic carbocycles. The number of phenols is 1. The largest absolute Gasteiger partial charge is 0.508 e. The van der Waals surface area contributed by atoms with Crippen LogP contribution in [0.4, 0.5) is 0 Å². The number of nitrogens with zero attached hydrogens (tertiary/aromatic N) is 2. The standard InChI is InChI=1S/C22H30N2O3/c1-2-27-22-6-4-3-5-19(22)16-24-13-12-23(17-20(24)11-14-25)15-18-7-9-21(26)10-8-18/h3-10,20,25-26H,2,11-17H2,1H3. The van der Waals surface area contributed by atoms with Crippen LogP contribution in [0.15, 0.2) is 48.5 Å². The van der Waals surface area contributed by atoms with Gasteiger partial charge >= 0.3 is 0 Å². The Balaban J connectivity index is 1.65. The summed E-state index contributed by atoms with van der Waals surface area (Å²) in [6, 6.07) is 16.0. The molecule has 3 rings (SSSR count). The molecule has 0 radical (unpaired) electrons. The first-order chi connectivity index (χ1) is 13.2. The first-order valence-corrected chi connectivity index (χ1v) is 9.75. The summed E-state index contributed by atoms with van der Waals surface area (Å²) < 4.78 is 5.78. The van der Waals surface area contributed by atoms with E-state index in [4.69, 9.17) is 4.74 Å². The molecule has 1 aliphatic heterocycles. The zero-order valence-corrected chi connectivity index (χ0v) is 16.1. The molecule has 2 N–H and O–H groups in total. The van der Waals surface area contributed by atoms with Gasteiger partial charge in [0.25, 0.3) is 0 Å². The minimum Gasteiger partial charge on any atom is -0.508 e. The molecule has 0 bridgehead atoms. The number of ether oxygens (including phenoxy) is 1. The van der Waals surface area contributed by atoms with Gasteiger partial charge in [0.1, 0.15) is 11.5 Å². The monoisotopic (exact) mass is 370 g/mol. The maximum absolute atomic E-state index is 9.55. The molecule has 0 amide bonds. The molecule has 0 spiro atoms. The van der Waals surface area contributed by atoms with Crippen molar-refractivity contribution in [2.45, 2.75) is 32.5 Å². The number of phenolic OH excluding ortho intramolecular Hbond substituents is 1. The lowest BCUT2D eigenvalue weighted by molar-refractivity contribution is 0.0494. The van der Waals surface area contributed by atoms with Crippen molar-refractivity contribution < 1.29 is 14.9 Å². The molecule has 1 aliphatic rings. The summed E-state index contributed by atoms with van der Waals surface area (Å²) in [5.41, 5.74) is 2.40. The number of aliphatic hydroxyl groups excluding tert-OH is 1. The van der Waals surface area contributed by atoms with Gasteiger partial charge in [-0.25, -0.2) is 0 Å². The highest BCUT2D eigenvalue weighted by Crippen LogP contribution is 2.24. The van der Waals surface area contributed by atoms with Gasteiger partial charge in [0, 0.05) is 50.9 Å². The van der Waals surface area contributed by atoms with Crippen LogP contribution in [0.1, 0.15) is 24.5 Å². The first-order valence-electron chi connectivity index (χ1n) is 9.75. The average Bonchev–Trinajstić information content (AvgIpc) is 2.67. The highest BCUT2D eigenvalue weighted by atomic mass is 16.5. The fourth-order valence-electron chi connectivity index (χ4n) is 3.74. The Hall–Kier alpha value is -2.08. The summed E-state index contributed by atoms with van der Waals surface area (Å²) in [5.74, 6) is 1.25. The van der Waals surface area contributed by atoms with Crippen molar-refractivity contribution in [2.75, 3.05) is 32.8 Å². The third-order valence-electron chi connectivity index (χ3n) is 5.14. The van der Waals surface area contributed by atoms with Gasteiger partial charge in [0.15, 0.2) is 0 Å². The van der Waals surface area contributed by atoms with Gasteiger partial charge in [-0.3, -0.25) is 9.80 Å². The summed E-state index contributed by atoms with van der Waals surface area (Å²) in [6.07, 6.45) is 0.767. The molecule has 0 aromatic heterocycles. The van der Waals surface area contributed by atoms with Gasteiger partial charge in [-0.1, -0.05) is 30.3 Å². The Morgan fingerprint density at radius 3 is 2.56 bits per heavy atom. The third-order valence-corrected chi connectivity index (χ3v) is 5.14. The van der Waals surface area contributed by atoms with E-state index in [2.05, 4.69) is 21.9 Å². The zero-order chi connectivity index (χ0) is 19.1. The molecular formula is C22H30N2O3. The molecule has 1 fully saturated rings. The van der Waals surface area contributed by atoms with Crippen molar-refractivity contribution in [3.8, 4) is 11.5 Å². The summed E-state index contributed by atoms with van der Waals surface area (Å²) in [5, 5.41) is 19.0. The van der Waals surface area contributed by atoms with Crippen molar-refractivity contribution in [3.05, 3.63) is 59.7 Å². The number of hydrogen-bond acceptors (Lipinski definition) is 5. The van der Waals surface area contributed by atoms with E-state index in [-0.39, 0.29) is 6.61 Å². The zero-order valence-electron chi connectivity index (χ0n) is 16.1. The molecule has 5 nitrogen and oxygen atoms in total. The quantitative estimate of drug-likeness (QED) is 0.748. The van der Waals surface area contributed by atoms with Crippen molar-refractivity contribution >= 4 is 0 Å². The minimum absolute atomic E-state index is 0.196. The van der Waals surface area contributed by atoms with E-state index in [1.807, 2.05) is 31.2 Å². The van der Waals surface area contributed by atoms with Gasteiger partial charge in [-0.15, -0.1) is 0 Å². The summed E-state index contributed by atoms with van der Waals surface area (Å²) in [4.78, 5) is 4.89. The van der Waals surface area contributed by atoms with Crippen LogP contribution in [0.25, 0.3) is 0 Å². The van der Waals surface area contributed by atoms with Crippen LogP contribution >= 0.6 is 0 Å². The molecule has 1 heterocycles. The topological polar surface area (TPSA) is 56.2 Å². The molecule has 5 heteroatoms. The van der Waals surface area contributed by atoms with E-state index in [0.29, 0.717) is 18.4 Å². The Bertz CT molecular complexity index is 705. The molecule has 2 aromatic rings. The van der Waals surface area contributed by atoms with E-state index in [1.165, 1.54) is 11.1 Å². The van der Waals surface area contributed by atoms with Crippen LogP contribution in [-0.4, -0.2) is 58.9 Å². The number of para-hydroxylation sites is 1. The maximum atomic E-state index is 9.55. The predicted octanol–water partition coefficient (Wildman–Crippen LogP) is 2.86. The number of benzene rings is 2. The molecule has 0 saturated carbocycles. The average molecular weight is 370 g/mol. The molecule has 1 saturated heterocycles. The van der Waals surface area contributed by atoms with Crippen LogP contribution in [-0.2, 0) is 13.1 Å². The number of hydrogen-bond donors (Lipinski definition) is 2. The second-order valence-electron chi connectivity index (χ2n) is 7.08. The fourth-order valence-corrected chi connectivity index (χ4v) is 3.74. The molecule has 27 heavy (non-hydrogen) atoms. The van der Waals surface area contributed by atoms with Crippen LogP contribution in [0.2, 0.25) is 0 Å². The second-order valence-corrected chi connectivity index (χ2v) is 7.08. The second kappa shape index (κ2) is 9.74. The predicted molar refractivity (Wildman–Crippen MR) is 107 cm³/mol. The van der Waals surface area contributed by atoms with Crippen LogP contribution in [0, 0.1) is 0 Å². The van der Waals surface area contributed by atoms with E-state index < -0.39 is 0 Å². The van der Waals surface area contributed by atoms with Gasteiger partial charge in [0.05, 0.1) is 6.61 Å². The lowest BCUT2D eigenvalue weighted by Gasteiger charge is -2.41. The molecule has 0 aliphatic carbocycles. The smallest absolute Gasteiger partial charge is 0.123 e. The minimum atomic E-state index is 0.196. The molecular weight excluding hydrogens is 340 g/mol. The number of aromatic hydroxyl groups is 1. The maximum Gasteiger partial charge on any atom is 0.123 e. The van der Waals surface area contributed by atoms with Crippen molar-refractivity contribution in [1.29, 1.82) is 0 Å². The van der Waals surface area contributed by atoms with E-state index >= 15 is 0 Å². The Morgan fingerprint density at radius 2 is 1.81 bits per heavy atom. The van der Waals surface area contributed by atoms with Crippen molar-refractivity contribution in [3.63, 3.8) is 0 Å². The summed E-state index contributed by atoms with van der Waals surface area (Å²) in [6.45, 7) is 7.45. The van der Waals surface area contributed by atoms with E-state index in [0.717, 1.165) is 44.9 Å². The van der Waals surface area contributed by atoms with E-state index in [9.17, 15) is 10.2 Å². The van der Waals surface area contributed by atoms with Crippen LogP contribution in [0.5, 0.6) is 11.5 Å². The molecule has 146 valence electrons. The Labute approximate surface area is 161 Å². The normalized spacial score (nSPS) is 18.5. The van der Waals surface area contributed by atoms with Crippen LogP contribution in [0.3, 0.4) is 0 Å². The summed E-state index contributed by atoms with van der Waals surface area (Å²) >= 11 is 0. The number of aliphatic hydroxyl groups is 1. The Kier molecular flexibility index (Phi) is 7.10. The third kappa shape index (κ3) is 5.45. The lowest BCUT2D eigenvalue weighted by atomic mass is 10.1. The number of piperazine rings is 1. The van der Waals surface area contributed by atoms with Gasteiger partial charge in [-0.05, 0) is 37.1 Å². The molecule has 1 atom stereocenters. The highest BCUT2D eigenvalue weighted by Gasteiger charge is 2.27. The lowest BCUT2D eigenvalue weighted by Crippen LogP contribution is -2.52. The van der Waals surface area contributed by atoms with Crippen molar-refractivity contribution in [1.82, 2.24) is 9.80 Å². The fraction of sp³-hybridized carbons (Fsp3) is 0.455. The Morgan fingerprint density at radius 1 is 1.04 bits per heavy atom. The van der Waals surface area contributed by atoms with E-state index in [1.54, 1.807) is 12.1 Å². The van der Waals surface area contributed by atoms with Crippen LogP contribution < -0.4 is 4.74 Å². The highest BCUT2D eigenvalue weighted by molar-refractivity contribution is 5.33. The van der Waals surface area contributed by atoms with Gasteiger partial charge < -0.3 is 14.9 Å². The first kappa shape index (κ1) is 19.7. The molecule has 1 unspecified atom stereocenters.